The van der Waals surface area contributed by atoms with Crippen molar-refractivity contribution in [2.24, 2.45) is 0 Å². The molecule has 0 radical (unpaired) electrons. The van der Waals surface area contributed by atoms with Gasteiger partial charge >= 0.3 is 0 Å². The molecule has 0 aliphatic rings. The van der Waals surface area contributed by atoms with Gasteiger partial charge in [-0.1, -0.05) is 0 Å². The van der Waals surface area contributed by atoms with Crippen LogP contribution in [0, 0.1) is 10.7 Å². The van der Waals surface area contributed by atoms with Gasteiger partial charge in [-0.2, -0.15) is 5.26 Å². The van der Waals surface area contributed by atoms with Gasteiger partial charge in [0.05, 0.1) is 6.26 Å². The summed E-state index contributed by atoms with van der Waals surface area (Å²) in [6, 6.07) is 3.49. The fraction of sp³-hybridized carbons (Fsp3) is 0. The largest absolute Gasteiger partial charge is 0.457 e. The Balaban J connectivity index is 2.67. The highest BCUT2D eigenvalue weighted by Gasteiger charge is 1.90. The van der Waals surface area contributed by atoms with Gasteiger partial charge in [0.2, 0.25) is 0 Å². The molecular formula is C5H3NOS. The van der Waals surface area contributed by atoms with Crippen LogP contribution in [0.2, 0.25) is 0 Å². The third-order valence-electron chi connectivity index (χ3n) is 0.641. The normalized spacial score (nSPS) is 8.38. The second kappa shape index (κ2) is 2.43. The molecule has 40 valence electrons. The predicted octanol–water partition coefficient (Wildman–Crippen LogP) is 1.85. The number of rotatable bonds is 1. The Labute approximate surface area is 51.1 Å². The van der Waals surface area contributed by atoms with E-state index in [0.717, 1.165) is 11.8 Å². The number of thioether (sulfide) groups is 1. The van der Waals surface area contributed by atoms with Crippen molar-refractivity contribution >= 4 is 11.8 Å². The van der Waals surface area contributed by atoms with E-state index >= 15 is 0 Å². The fourth-order valence-corrected chi connectivity index (χ4v) is 0.707. The Hall–Kier alpha value is -0.880. The standard InChI is InChI=1S/C5H3NOS/c6-4-8-5-2-1-3-7-5/h1-3H. The number of thiocyanates is 1. The summed E-state index contributed by atoms with van der Waals surface area (Å²) in [6.45, 7) is 0. The first-order valence-corrected chi connectivity index (χ1v) is 2.84. The summed E-state index contributed by atoms with van der Waals surface area (Å²) in [7, 11) is 0. The molecule has 0 spiro atoms. The maximum atomic E-state index is 8.09. The number of furan rings is 1. The van der Waals surface area contributed by atoms with Crippen molar-refractivity contribution < 1.29 is 4.42 Å². The van der Waals surface area contributed by atoms with Gasteiger partial charge < -0.3 is 4.42 Å². The van der Waals surface area contributed by atoms with Gasteiger partial charge in [0.15, 0.2) is 5.09 Å². The Morgan fingerprint density at radius 3 is 3.12 bits per heavy atom. The zero-order valence-electron chi connectivity index (χ0n) is 4.00. The minimum atomic E-state index is 0.646. The van der Waals surface area contributed by atoms with Gasteiger partial charge in [0.1, 0.15) is 5.40 Å². The van der Waals surface area contributed by atoms with E-state index in [2.05, 4.69) is 0 Å². The molecule has 1 aromatic heterocycles. The van der Waals surface area contributed by atoms with Crippen molar-refractivity contribution in [1.29, 1.82) is 5.26 Å². The highest BCUT2D eigenvalue weighted by Crippen LogP contribution is 2.15. The van der Waals surface area contributed by atoms with Crippen LogP contribution >= 0.6 is 11.8 Å². The smallest absolute Gasteiger partial charge is 0.174 e. The molecule has 0 unspecified atom stereocenters. The minimum Gasteiger partial charge on any atom is -0.457 e. The van der Waals surface area contributed by atoms with Crippen LogP contribution in [0.4, 0.5) is 0 Å². The van der Waals surface area contributed by atoms with Gasteiger partial charge in [0.25, 0.3) is 0 Å². The van der Waals surface area contributed by atoms with Crippen LogP contribution in [0.3, 0.4) is 0 Å². The lowest BCUT2D eigenvalue weighted by atomic mass is 10.7. The van der Waals surface area contributed by atoms with Crippen LogP contribution < -0.4 is 0 Å². The molecule has 1 heterocycles. The molecule has 0 N–H and O–H groups in total. The number of nitriles is 1. The summed E-state index contributed by atoms with van der Waals surface area (Å²) in [5.41, 5.74) is 0. The molecule has 2 nitrogen and oxygen atoms in total. The first kappa shape index (κ1) is 5.26. The van der Waals surface area contributed by atoms with E-state index in [0.29, 0.717) is 5.09 Å². The van der Waals surface area contributed by atoms with Crippen molar-refractivity contribution in [1.82, 2.24) is 0 Å². The summed E-state index contributed by atoms with van der Waals surface area (Å²) in [6.07, 6.45) is 1.54. The van der Waals surface area contributed by atoms with E-state index in [1.54, 1.807) is 18.4 Å². The second-order valence-electron chi connectivity index (χ2n) is 1.13. The monoisotopic (exact) mass is 125 g/mol. The van der Waals surface area contributed by atoms with E-state index in [9.17, 15) is 0 Å². The Morgan fingerprint density at radius 2 is 2.62 bits per heavy atom. The molecule has 1 aromatic rings. The van der Waals surface area contributed by atoms with Gasteiger partial charge in [-0.25, -0.2) is 0 Å². The summed E-state index contributed by atoms with van der Waals surface area (Å²) in [4.78, 5) is 0. The molecule has 0 atom stereocenters. The number of hydrogen-bond donors (Lipinski definition) is 0. The average Bonchev–Trinajstić information content (AvgIpc) is 2.19. The van der Waals surface area contributed by atoms with Crippen LogP contribution in [0.1, 0.15) is 0 Å². The lowest BCUT2D eigenvalue weighted by Crippen LogP contribution is -1.50. The van der Waals surface area contributed by atoms with Gasteiger partial charge in [-0.05, 0) is 12.1 Å². The van der Waals surface area contributed by atoms with Gasteiger partial charge in [-0.15, -0.1) is 0 Å². The summed E-state index contributed by atoms with van der Waals surface area (Å²) < 4.78 is 4.81. The van der Waals surface area contributed by atoms with Crippen molar-refractivity contribution in [2.75, 3.05) is 0 Å². The van der Waals surface area contributed by atoms with Crippen molar-refractivity contribution in [3.8, 4) is 5.40 Å². The molecule has 0 amide bonds. The zero-order valence-corrected chi connectivity index (χ0v) is 4.81. The lowest BCUT2D eigenvalue weighted by molar-refractivity contribution is 0.475. The molecule has 0 fully saturated rings. The second-order valence-corrected chi connectivity index (χ2v) is 1.91. The van der Waals surface area contributed by atoms with E-state index in [4.69, 9.17) is 9.68 Å². The molecule has 0 aliphatic carbocycles. The van der Waals surface area contributed by atoms with Crippen LogP contribution in [0.15, 0.2) is 27.9 Å². The number of hydrogen-bond acceptors (Lipinski definition) is 3. The average molecular weight is 125 g/mol. The van der Waals surface area contributed by atoms with E-state index in [1.165, 1.54) is 0 Å². The molecule has 1 rings (SSSR count). The highest BCUT2D eigenvalue weighted by atomic mass is 32.2. The lowest BCUT2D eigenvalue weighted by Gasteiger charge is -1.76. The minimum absolute atomic E-state index is 0.646. The predicted molar refractivity (Wildman–Crippen MR) is 30.2 cm³/mol. The maximum Gasteiger partial charge on any atom is 0.174 e. The summed E-state index contributed by atoms with van der Waals surface area (Å²) in [5, 5.41) is 10.6. The van der Waals surface area contributed by atoms with Gasteiger partial charge in [0, 0.05) is 11.8 Å². The molecule has 0 aromatic carbocycles. The molecule has 0 saturated carbocycles. The van der Waals surface area contributed by atoms with E-state index in [1.807, 2.05) is 5.40 Å². The Bertz CT molecular complexity index is 187. The summed E-state index contributed by atoms with van der Waals surface area (Å²) >= 11 is 1.02. The topological polar surface area (TPSA) is 36.9 Å². The van der Waals surface area contributed by atoms with E-state index < -0.39 is 0 Å². The third kappa shape index (κ3) is 1.04. The molecule has 8 heavy (non-hydrogen) atoms. The Kier molecular flexibility index (Phi) is 1.60. The third-order valence-corrected chi connectivity index (χ3v) is 1.17. The van der Waals surface area contributed by atoms with Crippen LogP contribution in [0.25, 0.3) is 0 Å². The Morgan fingerprint density at radius 1 is 1.75 bits per heavy atom. The van der Waals surface area contributed by atoms with Crippen LogP contribution in [-0.4, -0.2) is 0 Å². The first-order chi connectivity index (χ1) is 3.93. The van der Waals surface area contributed by atoms with Gasteiger partial charge in [-0.3, -0.25) is 0 Å². The van der Waals surface area contributed by atoms with Crippen LogP contribution in [-0.2, 0) is 0 Å². The SMILES string of the molecule is N#CSc1ccco1. The molecule has 3 heteroatoms. The number of nitrogens with zero attached hydrogens (tertiary/aromatic N) is 1. The zero-order chi connectivity index (χ0) is 5.82. The van der Waals surface area contributed by atoms with Crippen molar-refractivity contribution in [3.05, 3.63) is 18.4 Å². The fourth-order valence-electron chi connectivity index (χ4n) is 0.367. The molecule has 0 aliphatic heterocycles. The molecular weight excluding hydrogens is 122 g/mol. The summed E-state index contributed by atoms with van der Waals surface area (Å²) in [5.74, 6) is 0. The van der Waals surface area contributed by atoms with Crippen LogP contribution in [0.5, 0.6) is 0 Å². The van der Waals surface area contributed by atoms with E-state index in [-0.39, 0.29) is 0 Å². The molecule has 0 bridgehead atoms. The van der Waals surface area contributed by atoms with Crippen molar-refractivity contribution in [3.63, 3.8) is 0 Å². The quantitative estimate of drug-likeness (QED) is 0.424. The van der Waals surface area contributed by atoms with Crippen molar-refractivity contribution in [2.45, 2.75) is 5.09 Å². The highest BCUT2D eigenvalue weighted by molar-refractivity contribution is 8.03. The maximum absolute atomic E-state index is 8.09. The first-order valence-electron chi connectivity index (χ1n) is 2.03. The molecule has 0 saturated heterocycles.